The normalized spacial score (nSPS) is 24.7. The molecule has 2 aliphatic rings. The van der Waals surface area contributed by atoms with Crippen LogP contribution in [-0.4, -0.2) is 49.7 Å². The van der Waals surface area contributed by atoms with Gasteiger partial charge >= 0.3 is 0 Å². The summed E-state index contributed by atoms with van der Waals surface area (Å²) in [5.74, 6) is -3.96. The van der Waals surface area contributed by atoms with E-state index in [2.05, 4.69) is 5.32 Å². The van der Waals surface area contributed by atoms with Crippen molar-refractivity contribution in [2.75, 3.05) is 6.54 Å². The zero-order chi connectivity index (χ0) is 23.4. The van der Waals surface area contributed by atoms with Crippen molar-refractivity contribution in [3.8, 4) is 5.75 Å². The number of nitrogens with zero attached hydrogens (tertiary/aromatic N) is 2. The fourth-order valence-electron chi connectivity index (χ4n) is 4.37. The number of fused-ring (bicyclic) bond motifs is 4. The molecule has 0 unspecified atom stereocenters. The lowest BCUT2D eigenvalue weighted by Gasteiger charge is -2.41. The molecule has 0 radical (unpaired) electrons. The zero-order valence-electron chi connectivity index (χ0n) is 17.6. The van der Waals surface area contributed by atoms with Crippen LogP contribution in [0.3, 0.4) is 0 Å². The Hall–Kier alpha value is -3.27. The van der Waals surface area contributed by atoms with Crippen LogP contribution in [-0.2, 0) is 6.54 Å². The first-order valence-electron chi connectivity index (χ1n) is 10.2. The number of carbonyl (C=O) groups is 2. The van der Waals surface area contributed by atoms with Crippen molar-refractivity contribution in [3.63, 3.8) is 0 Å². The molecule has 1 saturated heterocycles. The summed E-state index contributed by atoms with van der Waals surface area (Å²) in [5, 5.41) is 24.0. The molecule has 2 amide bonds. The molecular formula is C22H23F2N3O5. The van der Waals surface area contributed by atoms with E-state index in [1.54, 1.807) is 6.92 Å². The summed E-state index contributed by atoms with van der Waals surface area (Å²) in [6, 6.07) is 1.99. The molecule has 8 nitrogen and oxygen atoms in total. The van der Waals surface area contributed by atoms with Crippen molar-refractivity contribution in [3.05, 3.63) is 63.1 Å². The third-order valence-electron chi connectivity index (χ3n) is 6.40. The fourth-order valence-corrected chi connectivity index (χ4v) is 4.37. The number of hydrogen-bond donors (Lipinski definition) is 3. The SMILES string of the molecule is C[C@H]1CC[C@](C)(O)[C@H]2CN1C(=O)c1c(O)c(=O)c(C(=O)NCc3ccc(F)cc3F)cn12. The number of hydrogen-bond acceptors (Lipinski definition) is 5. The summed E-state index contributed by atoms with van der Waals surface area (Å²) in [6.07, 6.45) is 2.06. The highest BCUT2D eigenvalue weighted by molar-refractivity contribution is 5.99. The number of carbonyl (C=O) groups excluding carboxylic acids is 2. The quantitative estimate of drug-likeness (QED) is 0.663. The van der Waals surface area contributed by atoms with Gasteiger partial charge in [-0.15, -0.1) is 0 Å². The van der Waals surface area contributed by atoms with Crippen molar-refractivity contribution in [1.29, 1.82) is 0 Å². The number of aliphatic hydroxyl groups is 1. The van der Waals surface area contributed by atoms with Gasteiger partial charge in [-0.05, 0) is 32.8 Å². The highest BCUT2D eigenvalue weighted by Gasteiger charge is 2.46. The maximum atomic E-state index is 13.8. The molecule has 1 aromatic carbocycles. The van der Waals surface area contributed by atoms with Crippen LogP contribution in [0.2, 0.25) is 0 Å². The molecule has 2 aliphatic heterocycles. The second kappa shape index (κ2) is 7.70. The Bertz CT molecular complexity index is 1180. The number of aromatic hydroxyl groups is 1. The lowest BCUT2D eigenvalue weighted by atomic mass is 9.90. The molecule has 3 atom stereocenters. The summed E-state index contributed by atoms with van der Waals surface area (Å²) in [5.41, 5.74) is -3.03. The van der Waals surface area contributed by atoms with Gasteiger partial charge in [-0.25, -0.2) is 8.78 Å². The smallest absolute Gasteiger partial charge is 0.274 e. The van der Waals surface area contributed by atoms with Gasteiger partial charge in [-0.1, -0.05) is 6.07 Å². The van der Waals surface area contributed by atoms with Crippen LogP contribution < -0.4 is 10.7 Å². The number of amides is 2. The van der Waals surface area contributed by atoms with Gasteiger partial charge in [0.2, 0.25) is 5.43 Å². The second-order valence-corrected chi connectivity index (χ2v) is 8.61. The Kier molecular flexibility index (Phi) is 5.28. The van der Waals surface area contributed by atoms with Gasteiger partial charge in [-0.2, -0.15) is 0 Å². The Morgan fingerprint density at radius 1 is 1.31 bits per heavy atom. The van der Waals surface area contributed by atoms with Crippen LogP contribution in [0.25, 0.3) is 0 Å². The van der Waals surface area contributed by atoms with E-state index >= 15 is 0 Å². The van der Waals surface area contributed by atoms with E-state index < -0.39 is 51.8 Å². The topological polar surface area (TPSA) is 112 Å². The Balaban J connectivity index is 1.73. The van der Waals surface area contributed by atoms with Crippen LogP contribution in [0.5, 0.6) is 5.75 Å². The number of aromatic nitrogens is 1. The third kappa shape index (κ3) is 3.54. The number of rotatable bonds is 3. The van der Waals surface area contributed by atoms with Crippen LogP contribution in [0.4, 0.5) is 8.78 Å². The molecule has 0 saturated carbocycles. The average Bonchev–Trinajstić information content (AvgIpc) is 2.83. The molecule has 3 N–H and O–H groups in total. The summed E-state index contributed by atoms with van der Waals surface area (Å²) in [6.45, 7) is 3.28. The highest BCUT2D eigenvalue weighted by atomic mass is 19.1. The van der Waals surface area contributed by atoms with Gasteiger partial charge in [0.15, 0.2) is 11.4 Å². The van der Waals surface area contributed by atoms with Gasteiger partial charge in [0.25, 0.3) is 11.8 Å². The lowest BCUT2D eigenvalue weighted by molar-refractivity contribution is -0.00840. The molecule has 3 heterocycles. The van der Waals surface area contributed by atoms with Crippen molar-refractivity contribution in [2.45, 2.75) is 50.9 Å². The number of benzene rings is 1. The highest BCUT2D eigenvalue weighted by Crippen LogP contribution is 2.39. The second-order valence-electron chi connectivity index (χ2n) is 8.61. The predicted octanol–water partition coefficient (Wildman–Crippen LogP) is 1.69. The van der Waals surface area contributed by atoms with E-state index in [1.807, 2.05) is 6.92 Å². The molecule has 4 rings (SSSR count). The summed E-state index contributed by atoms with van der Waals surface area (Å²) < 4.78 is 28.2. The van der Waals surface area contributed by atoms with Gasteiger partial charge < -0.3 is 25.0 Å². The average molecular weight is 447 g/mol. The monoisotopic (exact) mass is 447 g/mol. The summed E-state index contributed by atoms with van der Waals surface area (Å²) >= 11 is 0. The minimum Gasteiger partial charge on any atom is -0.503 e. The Morgan fingerprint density at radius 3 is 2.72 bits per heavy atom. The molecule has 1 aromatic heterocycles. The van der Waals surface area contributed by atoms with Gasteiger partial charge in [0.1, 0.15) is 17.2 Å². The molecule has 32 heavy (non-hydrogen) atoms. The number of nitrogens with one attached hydrogen (secondary N) is 1. The summed E-state index contributed by atoms with van der Waals surface area (Å²) in [4.78, 5) is 39.9. The third-order valence-corrected chi connectivity index (χ3v) is 6.40. The minimum atomic E-state index is -1.26. The van der Waals surface area contributed by atoms with Crippen molar-refractivity contribution >= 4 is 11.8 Å². The van der Waals surface area contributed by atoms with E-state index in [4.69, 9.17) is 0 Å². The zero-order valence-corrected chi connectivity index (χ0v) is 17.6. The number of halogens is 2. The van der Waals surface area contributed by atoms with Gasteiger partial charge in [-0.3, -0.25) is 14.4 Å². The van der Waals surface area contributed by atoms with Crippen LogP contribution in [0.1, 0.15) is 59.1 Å². The molecule has 10 heteroatoms. The van der Waals surface area contributed by atoms with E-state index in [-0.39, 0.29) is 30.4 Å². The predicted molar refractivity (Wildman–Crippen MR) is 109 cm³/mol. The maximum Gasteiger partial charge on any atom is 0.274 e. The molecule has 170 valence electrons. The van der Waals surface area contributed by atoms with Gasteiger partial charge in [0.05, 0.1) is 11.6 Å². The molecule has 2 aromatic rings. The van der Waals surface area contributed by atoms with E-state index in [0.717, 1.165) is 12.3 Å². The largest absolute Gasteiger partial charge is 0.503 e. The van der Waals surface area contributed by atoms with Crippen molar-refractivity contribution < 1.29 is 28.6 Å². The first-order chi connectivity index (χ1) is 15.0. The molecular weight excluding hydrogens is 424 g/mol. The molecule has 0 spiro atoms. The first kappa shape index (κ1) is 21.9. The Morgan fingerprint density at radius 2 is 2.03 bits per heavy atom. The fraction of sp³-hybridized carbons (Fsp3) is 0.409. The first-order valence-corrected chi connectivity index (χ1v) is 10.2. The molecule has 2 bridgehead atoms. The lowest BCUT2D eigenvalue weighted by Crippen LogP contribution is -2.51. The maximum absolute atomic E-state index is 13.8. The van der Waals surface area contributed by atoms with Crippen LogP contribution in [0.15, 0.2) is 29.2 Å². The Labute approximate surface area is 182 Å². The minimum absolute atomic E-state index is 0.00791. The van der Waals surface area contributed by atoms with Crippen molar-refractivity contribution in [1.82, 2.24) is 14.8 Å². The number of pyridine rings is 1. The van der Waals surface area contributed by atoms with E-state index in [0.29, 0.717) is 18.9 Å². The van der Waals surface area contributed by atoms with E-state index in [9.17, 15) is 33.4 Å². The molecule has 1 fully saturated rings. The molecule has 0 aliphatic carbocycles. The van der Waals surface area contributed by atoms with Crippen LogP contribution >= 0.6 is 0 Å². The summed E-state index contributed by atoms with van der Waals surface area (Å²) in [7, 11) is 0. The van der Waals surface area contributed by atoms with Crippen molar-refractivity contribution in [2.24, 2.45) is 0 Å². The van der Waals surface area contributed by atoms with Gasteiger partial charge in [0, 0.05) is 37.0 Å². The van der Waals surface area contributed by atoms with E-state index in [1.165, 1.54) is 15.5 Å². The standard InChI is InChI=1S/C22H23F2N3O5/c1-11-5-6-22(2,32)16-10-26(11)21(31)17-19(29)18(28)14(9-27(16)17)20(30)25-8-12-3-4-13(23)7-15(12)24/h3-4,7,9,11,16,29,32H,5-6,8,10H2,1-2H3,(H,25,30)/t11-,16+,22-/m0/s1. The van der Waals surface area contributed by atoms with Crippen LogP contribution in [0, 0.1) is 11.6 Å².